The van der Waals surface area contributed by atoms with Crippen LogP contribution in [0.25, 0.3) is 0 Å². The molecule has 4 nitrogen and oxygen atoms in total. The molecule has 0 bridgehead atoms. The van der Waals surface area contributed by atoms with Crippen LogP contribution in [0.5, 0.6) is 0 Å². The van der Waals surface area contributed by atoms with Gasteiger partial charge in [-0.25, -0.2) is 0 Å². The van der Waals surface area contributed by atoms with Crippen LogP contribution in [-0.2, 0) is 12.4 Å². The summed E-state index contributed by atoms with van der Waals surface area (Å²) in [4.78, 5) is 24.8. The standard InChI is InChI=1S/C22H13ClF6N2O2/c23-16-4-6-17(7-5-16)30-19(32)12-2-1-3-18(10-12)31-20(33)13-8-14(21(24,25)26)11-15(9-13)22(27,28)29/h1-11H,(H,30,32)(H,31,33). The summed E-state index contributed by atoms with van der Waals surface area (Å²) in [7, 11) is 0. The first kappa shape index (κ1) is 24.1. The number of rotatable bonds is 4. The average molecular weight is 487 g/mol. The third-order valence-corrected chi connectivity index (χ3v) is 4.59. The van der Waals surface area contributed by atoms with Crippen LogP contribution in [0.15, 0.2) is 66.7 Å². The lowest BCUT2D eigenvalue weighted by Crippen LogP contribution is -2.17. The number of nitrogens with one attached hydrogen (secondary N) is 2. The zero-order valence-corrected chi connectivity index (χ0v) is 17.1. The summed E-state index contributed by atoms with van der Waals surface area (Å²) in [6, 6.07) is 12.1. The van der Waals surface area contributed by atoms with E-state index < -0.39 is 40.9 Å². The lowest BCUT2D eigenvalue weighted by atomic mass is 10.0. The van der Waals surface area contributed by atoms with Crippen molar-refractivity contribution in [1.29, 1.82) is 0 Å². The highest BCUT2D eigenvalue weighted by Gasteiger charge is 2.37. The molecular formula is C22H13ClF6N2O2. The molecule has 33 heavy (non-hydrogen) atoms. The Labute approximate surface area is 188 Å². The van der Waals surface area contributed by atoms with Crippen LogP contribution < -0.4 is 10.6 Å². The molecule has 0 aromatic heterocycles. The molecule has 0 radical (unpaired) electrons. The van der Waals surface area contributed by atoms with E-state index in [1.807, 2.05) is 0 Å². The Hall–Kier alpha value is -3.53. The molecule has 2 N–H and O–H groups in total. The summed E-state index contributed by atoms with van der Waals surface area (Å²) in [5.74, 6) is -1.77. The minimum atomic E-state index is -5.09. The number of benzene rings is 3. The molecule has 0 saturated heterocycles. The van der Waals surface area contributed by atoms with Crippen LogP contribution in [0.3, 0.4) is 0 Å². The van der Waals surface area contributed by atoms with Crippen LogP contribution in [0.1, 0.15) is 31.8 Å². The average Bonchev–Trinajstić information content (AvgIpc) is 2.74. The van der Waals surface area contributed by atoms with E-state index in [9.17, 15) is 35.9 Å². The maximum Gasteiger partial charge on any atom is 0.416 e. The van der Waals surface area contributed by atoms with Gasteiger partial charge in [-0.1, -0.05) is 17.7 Å². The summed E-state index contributed by atoms with van der Waals surface area (Å²) in [6.45, 7) is 0. The van der Waals surface area contributed by atoms with Crippen LogP contribution in [0.2, 0.25) is 5.02 Å². The predicted molar refractivity (Wildman–Crippen MR) is 110 cm³/mol. The highest BCUT2D eigenvalue weighted by Crippen LogP contribution is 2.36. The molecule has 0 aliphatic rings. The van der Waals surface area contributed by atoms with E-state index >= 15 is 0 Å². The van der Waals surface area contributed by atoms with Crippen LogP contribution in [0, 0.1) is 0 Å². The van der Waals surface area contributed by atoms with Gasteiger partial charge < -0.3 is 10.6 Å². The quantitative estimate of drug-likeness (QED) is 0.395. The Bertz CT molecular complexity index is 1160. The Balaban J connectivity index is 1.83. The summed E-state index contributed by atoms with van der Waals surface area (Å²) in [6.07, 6.45) is -10.2. The molecule has 0 atom stereocenters. The van der Waals surface area contributed by atoms with Crippen molar-refractivity contribution in [1.82, 2.24) is 0 Å². The van der Waals surface area contributed by atoms with Gasteiger partial charge in [-0.2, -0.15) is 26.3 Å². The molecule has 0 heterocycles. The molecular weight excluding hydrogens is 474 g/mol. The number of carbonyl (C=O) groups excluding carboxylic acids is 2. The molecule has 3 rings (SSSR count). The first-order valence-electron chi connectivity index (χ1n) is 9.11. The van der Waals surface area contributed by atoms with Crippen molar-refractivity contribution < 1.29 is 35.9 Å². The lowest BCUT2D eigenvalue weighted by Gasteiger charge is -2.14. The monoisotopic (exact) mass is 486 g/mol. The molecule has 0 aliphatic carbocycles. The first-order valence-corrected chi connectivity index (χ1v) is 9.48. The maximum atomic E-state index is 13.0. The number of alkyl halides is 6. The summed E-state index contributed by atoms with van der Waals surface area (Å²) in [5.41, 5.74) is -3.55. The van der Waals surface area contributed by atoms with E-state index in [1.54, 1.807) is 24.3 Å². The number of hydrogen-bond donors (Lipinski definition) is 2. The van der Waals surface area contributed by atoms with Gasteiger partial charge in [0.15, 0.2) is 0 Å². The van der Waals surface area contributed by atoms with E-state index in [0.717, 1.165) is 0 Å². The highest BCUT2D eigenvalue weighted by atomic mass is 35.5. The Morgan fingerprint density at radius 3 is 1.70 bits per heavy atom. The van der Waals surface area contributed by atoms with Crippen LogP contribution in [-0.4, -0.2) is 11.8 Å². The topological polar surface area (TPSA) is 58.2 Å². The van der Waals surface area contributed by atoms with Crippen molar-refractivity contribution >= 4 is 34.8 Å². The van der Waals surface area contributed by atoms with Crippen molar-refractivity contribution in [3.8, 4) is 0 Å². The van der Waals surface area contributed by atoms with E-state index in [1.165, 1.54) is 24.3 Å². The second kappa shape index (κ2) is 9.14. The second-order valence-corrected chi connectivity index (χ2v) is 7.23. The normalized spacial score (nSPS) is 11.7. The number of amides is 2. The largest absolute Gasteiger partial charge is 0.416 e. The van der Waals surface area contributed by atoms with Gasteiger partial charge in [0.05, 0.1) is 11.1 Å². The van der Waals surface area contributed by atoms with Gasteiger partial charge in [0.2, 0.25) is 0 Å². The van der Waals surface area contributed by atoms with Gasteiger partial charge in [0.1, 0.15) is 0 Å². The SMILES string of the molecule is O=C(Nc1ccc(Cl)cc1)c1cccc(NC(=O)c2cc(C(F)(F)F)cc(C(F)(F)F)c2)c1. The third kappa shape index (κ3) is 6.26. The molecule has 0 unspecified atom stereocenters. The van der Waals surface area contributed by atoms with Crippen molar-refractivity contribution in [2.45, 2.75) is 12.4 Å². The molecule has 2 amide bonds. The third-order valence-electron chi connectivity index (χ3n) is 4.33. The molecule has 0 fully saturated rings. The van der Waals surface area contributed by atoms with Crippen molar-refractivity contribution in [2.75, 3.05) is 10.6 Å². The number of anilines is 2. The zero-order chi connectivity index (χ0) is 24.4. The van der Waals surface area contributed by atoms with E-state index in [-0.39, 0.29) is 17.3 Å². The highest BCUT2D eigenvalue weighted by molar-refractivity contribution is 6.30. The van der Waals surface area contributed by atoms with Gasteiger partial charge in [-0.3, -0.25) is 9.59 Å². The van der Waals surface area contributed by atoms with E-state index in [0.29, 0.717) is 22.8 Å². The smallest absolute Gasteiger partial charge is 0.322 e. The molecule has 0 spiro atoms. The molecule has 11 heteroatoms. The van der Waals surface area contributed by atoms with Crippen LogP contribution in [0.4, 0.5) is 37.7 Å². The number of hydrogen-bond acceptors (Lipinski definition) is 2. The molecule has 0 saturated carbocycles. The van der Waals surface area contributed by atoms with Gasteiger partial charge in [-0.15, -0.1) is 0 Å². The van der Waals surface area contributed by atoms with Crippen molar-refractivity contribution in [3.63, 3.8) is 0 Å². The fourth-order valence-corrected chi connectivity index (χ4v) is 2.89. The first-order chi connectivity index (χ1) is 15.3. The zero-order valence-electron chi connectivity index (χ0n) is 16.3. The van der Waals surface area contributed by atoms with Gasteiger partial charge in [0, 0.05) is 27.5 Å². The fourth-order valence-electron chi connectivity index (χ4n) is 2.76. The number of halogens is 7. The molecule has 3 aromatic rings. The minimum Gasteiger partial charge on any atom is -0.322 e. The molecule has 3 aromatic carbocycles. The predicted octanol–water partition coefficient (Wildman–Crippen LogP) is 6.88. The second-order valence-electron chi connectivity index (χ2n) is 6.79. The van der Waals surface area contributed by atoms with Gasteiger partial charge in [-0.05, 0) is 60.7 Å². The van der Waals surface area contributed by atoms with Gasteiger partial charge >= 0.3 is 12.4 Å². The Morgan fingerprint density at radius 2 is 1.15 bits per heavy atom. The van der Waals surface area contributed by atoms with E-state index in [2.05, 4.69) is 10.6 Å². The molecule has 172 valence electrons. The Kier molecular flexibility index (Phi) is 6.68. The van der Waals surface area contributed by atoms with Crippen molar-refractivity contribution in [3.05, 3.63) is 94.0 Å². The van der Waals surface area contributed by atoms with Crippen molar-refractivity contribution in [2.24, 2.45) is 0 Å². The number of carbonyl (C=O) groups is 2. The summed E-state index contributed by atoms with van der Waals surface area (Å²) < 4.78 is 78.1. The Morgan fingerprint density at radius 1 is 0.636 bits per heavy atom. The maximum absolute atomic E-state index is 13.0. The van der Waals surface area contributed by atoms with Crippen LogP contribution >= 0.6 is 11.6 Å². The lowest BCUT2D eigenvalue weighted by molar-refractivity contribution is -0.143. The fraction of sp³-hybridized carbons (Fsp3) is 0.0909. The van der Waals surface area contributed by atoms with E-state index in [4.69, 9.17) is 11.6 Å². The summed E-state index contributed by atoms with van der Waals surface area (Å²) >= 11 is 5.78. The minimum absolute atomic E-state index is 0.00488. The molecule has 0 aliphatic heterocycles. The van der Waals surface area contributed by atoms with Gasteiger partial charge in [0.25, 0.3) is 11.8 Å². The summed E-state index contributed by atoms with van der Waals surface area (Å²) in [5, 5.41) is 5.26.